The van der Waals surface area contributed by atoms with Crippen molar-refractivity contribution in [2.24, 2.45) is 10.3 Å². The Balaban J connectivity index is 2.95. The maximum atomic E-state index is 10.9. The Bertz CT molecular complexity index is 417. The summed E-state index contributed by atoms with van der Waals surface area (Å²) in [5, 5.41) is 5.79. The molecule has 1 aromatic carbocycles. The second-order valence-electron chi connectivity index (χ2n) is 3.09. The molecule has 1 rings (SSSR count). The highest BCUT2D eigenvalue weighted by Gasteiger charge is 2.05. The number of carbonyl (C=O) groups is 1. The van der Waals surface area contributed by atoms with Crippen LogP contribution in [-0.2, 0) is 16.2 Å². The zero-order chi connectivity index (χ0) is 12.0. The Morgan fingerprint density at radius 2 is 2.19 bits per heavy atom. The van der Waals surface area contributed by atoms with Crippen molar-refractivity contribution in [2.45, 2.75) is 13.3 Å². The highest BCUT2D eigenvalue weighted by molar-refractivity contribution is 5.78. The van der Waals surface area contributed by atoms with Crippen molar-refractivity contribution in [3.63, 3.8) is 0 Å². The fourth-order valence-electron chi connectivity index (χ4n) is 1.20. The van der Waals surface area contributed by atoms with Crippen LogP contribution in [0.2, 0.25) is 0 Å². The molecular formula is C10H10N2O4. The fraction of sp³-hybridized carbons (Fsp3) is 0.200. The average Bonchev–Trinajstić information content (AvgIpc) is 2.25. The lowest BCUT2D eigenvalue weighted by atomic mass is 10.1. The molecule has 0 spiro atoms. The Morgan fingerprint density at radius 3 is 2.75 bits per heavy atom. The van der Waals surface area contributed by atoms with E-state index in [1.807, 2.05) is 0 Å². The van der Waals surface area contributed by atoms with E-state index in [0.717, 1.165) is 0 Å². The summed E-state index contributed by atoms with van der Waals surface area (Å²) in [6.07, 6.45) is 0.196. The second-order valence-corrected chi connectivity index (χ2v) is 3.09. The number of nitroso groups, excluding NO2 is 1. The molecule has 6 heteroatoms. The molecule has 0 unspecified atom stereocenters. The van der Waals surface area contributed by atoms with Crippen molar-refractivity contribution in [1.82, 2.24) is 0 Å². The lowest BCUT2D eigenvalue weighted by Crippen LogP contribution is -1.97. The van der Waals surface area contributed by atoms with Gasteiger partial charge in [-0.15, -0.1) is 4.91 Å². The van der Waals surface area contributed by atoms with Crippen molar-refractivity contribution in [3.05, 3.63) is 28.7 Å². The van der Waals surface area contributed by atoms with Crippen LogP contribution in [0.1, 0.15) is 12.5 Å². The standard InChI is InChI=1S/C10H10N2O4/c1-7(13)3-8-4-9(12-14)6-10(5-8)15-16-11-2/h4-6H,2-3H2,1H3. The smallest absolute Gasteiger partial charge is 0.183 e. The van der Waals surface area contributed by atoms with Crippen molar-refractivity contribution in [1.29, 1.82) is 0 Å². The number of hydrogen-bond acceptors (Lipinski definition) is 6. The Labute approximate surface area is 91.8 Å². The average molecular weight is 222 g/mol. The van der Waals surface area contributed by atoms with E-state index in [9.17, 15) is 9.70 Å². The molecule has 0 saturated heterocycles. The van der Waals surface area contributed by atoms with Gasteiger partial charge in [0.2, 0.25) is 0 Å². The molecule has 0 aliphatic carbocycles. The predicted molar refractivity (Wildman–Crippen MR) is 57.5 cm³/mol. The zero-order valence-electron chi connectivity index (χ0n) is 8.67. The first-order valence-corrected chi connectivity index (χ1v) is 4.42. The van der Waals surface area contributed by atoms with Gasteiger partial charge in [-0.3, -0.25) is 9.68 Å². The number of benzene rings is 1. The first-order valence-electron chi connectivity index (χ1n) is 4.42. The third-order valence-corrected chi connectivity index (χ3v) is 1.70. The van der Waals surface area contributed by atoms with Crippen LogP contribution in [0.15, 0.2) is 28.5 Å². The van der Waals surface area contributed by atoms with Crippen LogP contribution in [0.4, 0.5) is 5.69 Å². The third-order valence-electron chi connectivity index (χ3n) is 1.70. The van der Waals surface area contributed by atoms with Gasteiger partial charge in [-0.25, -0.2) is 0 Å². The molecule has 0 heterocycles. The molecule has 0 aliphatic heterocycles. The number of oxime groups is 1. The SMILES string of the molecule is C=NOOc1cc(CC(C)=O)cc(N=O)c1. The molecule has 0 bridgehead atoms. The first kappa shape index (κ1) is 11.8. The van der Waals surface area contributed by atoms with Gasteiger partial charge >= 0.3 is 0 Å². The van der Waals surface area contributed by atoms with Crippen molar-refractivity contribution in [3.8, 4) is 5.75 Å². The minimum absolute atomic E-state index is 0.0308. The van der Waals surface area contributed by atoms with Crippen molar-refractivity contribution < 1.29 is 14.7 Å². The van der Waals surface area contributed by atoms with E-state index in [0.29, 0.717) is 5.56 Å². The van der Waals surface area contributed by atoms with Crippen LogP contribution in [0, 0.1) is 4.91 Å². The maximum absolute atomic E-state index is 10.9. The van der Waals surface area contributed by atoms with E-state index >= 15 is 0 Å². The summed E-state index contributed by atoms with van der Waals surface area (Å²) >= 11 is 0. The molecule has 16 heavy (non-hydrogen) atoms. The Kier molecular flexibility index (Phi) is 4.14. The molecule has 0 aromatic heterocycles. The van der Waals surface area contributed by atoms with E-state index in [4.69, 9.17) is 0 Å². The van der Waals surface area contributed by atoms with Crippen LogP contribution in [0.25, 0.3) is 0 Å². The summed E-state index contributed by atoms with van der Waals surface area (Å²) in [6, 6.07) is 4.42. The highest BCUT2D eigenvalue weighted by atomic mass is 17.3. The molecule has 0 amide bonds. The molecule has 0 atom stereocenters. The lowest BCUT2D eigenvalue weighted by molar-refractivity contribution is -0.205. The number of rotatable bonds is 6. The van der Waals surface area contributed by atoms with Gasteiger partial charge in [0.15, 0.2) is 5.75 Å². The van der Waals surface area contributed by atoms with E-state index < -0.39 is 0 Å². The molecular weight excluding hydrogens is 212 g/mol. The lowest BCUT2D eigenvalue weighted by Gasteiger charge is -2.03. The van der Waals surface area contributed by atoms with Gasteiger partial charge in [-0.05, 0) is 35.0 Å². The van der Waals surface area contributed by atoms with Gasteiger partial charge in [0.25, 0.3) is 0 Å². The summed E-state index contributed by atoms with van der Waals surface area (Å²) in [7, 11) is 0. The van der Waals surface area contributed by atoms with Gasteiger partial charge in [0, 0.05) is 19.2 Å². The Morgan fingerprint density at radius 1 is 1.44 bits per heavy atom. The predicted octanol–water partition coefficient (Wildman–Crippen LogP) is 2.14. The summed E-state index contributed by atoms with van der Waals surface area (Å²) < 4.78 is 0. The summed E-state index contributed by atoms with van der Waals surface area (Å²) in [5.74, 6) is 0.206. The minimum atomic E-state index is -0.0308. The van der Waals surface area contributed by atoms with Crippen molar-refractivity contribution in [2.75, 3.05) is 0 Å². The van der Waals surface area contributed by atoms with Crippen LogP contribution in [-0.4, -0.2) is 12.5 Å². The number of hydrogen-bond donors (Lipinski definition) is 0. The second kappa shape index (κ2) is 5.59. The van der Waals surface area contributed by atoms with Gasteiger partial charge in [0.1, 0.15) is 11.5 Å². The van der Waals surface area contributed by atoms with E-state index in [-0.39, 0.29) is 23.6 Å². The molecule has 0 aliphatic rings. The van der Waals surface area contributed by atoms with E-state index in [1.54, 1.807) is 6.07 Å². The molecule has 6 nitrogen and oxygen atoms in total. The number of carbonyl (C=O) groups excluding carboxylic acids is 1. The highest BCUT2D eigenvalue weighted by Crippen LogP contribution is 2.23. The van der Waals surface area contributed by atoms with Crippen LogP contribution in [0.3, 0.4) is 0 Å². The van der Waals surface area contributed by atoms with Gasteiger partial charge < -0.3 is 0 Å². The number of nitrogens with zero attached hydrogens (tertiary/aromatic N) is 2. The van der Waals surface area contributed by atoms with E-state index in [2.05, 4.69) is 26.9 Å². The molecule has 0 N–H and O–H groups in total. The van der Waals surface area contributed by atoms with Crippen LogP contribution < -0.4 is 4.89 Å². The summed E-state index contributed by atoms with van der Waals surface area (Å²) in [4.78, 5) is 30.3. The Hall–Kier alpha value is -2.24. The van der Waals surface area contributed by atoms with Gasteiger partial charge in [-0.1, -0.05) is 0 Å². The monoisotopic (exact) mass is 222 g/mol. The molecule has 84 valence electrons. The third kappa shape index (κ3) is 3.49. The fourth-order valence-corrected chi connectivity index (χ4v) is 1.20. The van der Waals surface area contributed by atoms with Crippen LogP contribution in [0.5, 0.6) is 5.75 Å². The van der Waals surface area contributed by atoms with Crippen LogP contribution >= 0.6 is 0 Å². The molecule has 0 saturated carbocycles. The number of Topliss-reactive ketones (excluding diaryl/α,β-unsaturated/α-hetero) is 1. The quantitative estimate of drug-likeness (QED) is 0.319. The first-order chi connectivity index (χ1) is 7.65. The number of ketones is 1. The van der Waals surface area contributed by atoms with Gasteiger partial charge in [0.05, 0.1) is 0 Å². The minimum Gasteiger partial charge on any atom is -0.300 e. The summed E-state index contributed by atoms with van der Waals surface area (Å²) in [5.41, 5.74) is 0.772. The zero-order valence-corrected chi connectivity index (χ0v) is 8.67. The molecule has 0 fully saturated rings. The molecule has 1 aromatic rings. The van der Waals surface area contributed by atoms with E-state index in [1.165, 1.54) is 19.1 Å². The van der Waals surface area contributed by atoms with Crippen molar-refractivity contribution >= 4 is 18.2 Å². The molecule has 0 radical (unpaired) electrons. The van der Waals surface area contributed by atoms with Gasteiger partial charge in [-0.2, -0.15) is 4.99 Å². The largest absolute Gasteiger partial charge is 0.300 e. The normalized spacial score (nSPS) is 9.31. The summed E-state index contributed by atoms with van der Waals surface area (Å²) in [6.45, 7) is 4.50. The maximum Gasteiger partial charge on any atom is 0.183 e. The topological polar surface area (TPSA) is 77.3 Å².